The summed E-state index contributed by atoms with van der Waals surface area (Å²) in [6, 6.07) is 5.79. The summed E-state index contributed by atoms with van der Waals surface area (Å²) in [6.07, 6.45) is 0.843. The lowest BCUT2D eigenvalue weighted by molar-refractivity contribution is 0.397. The van der Waals surface area contributed by atoms with Crippen LogP contribution in [0.4, 0.5) is 0 Å². The van der Waals surface area contributed by atoms with Crippen LogP contribution in [-0.2, 0) is 13.0 Å². The number of hydrogen-bond donors (Lipinski definition) is 1. The van der Waals surface area contributed by atoms with Gasteiger partial charge in [-0.2, -0.15) is 0 Å². The second-order valence-corrected chi connectivity index (χ2v) is 4.84. The SMILES string of the molecule is COc1ccc(OC)c(CNCCc2nc(C)oc2C)c1. The molecule has 2 aromatic rings. The van der Waals surface area contributed by atoms with Crippen molar-refractivity contribution in [3.63, 3.8) is 0 Å². The number of aromatic nitrogens is 1. The number of oxazole rings is 1. The second kappa shape index (κ2) is 7.13. The zero-order valence-electron chi connectivity index (χ0n) is 13.0. The van der Waals surface area contributed by atoms with E-state index in [1.807, 2.05) is 32.0 Å². The van der Waals surface area contributed by atoms with E-state index in [9.17, 15) is 0 Å². The summed E-state index contributed by atoms with van der Waals surface area (Å²) in [4.78, 5) is 4.36. The molecule has 0 fully saturated rings. The van der Waals surface area contributed by atoms with Gasteiger partial charge >= 0.3 is 0 Å². The van der Waals surface area contributed by atoms with Crippen LogP contribution in [-0.4, -0.2) is 25.7 Å². The number of benzene rings is 1. The second-order valence-electron chi connectivity index (χ2n) is 4.84. The number of methoxy groups -OCH3 is 2. The van der Waals surface area contributed by atoms with Gasteiger partial charge in [0.15, 0.2) is 5.89 Å². The lowest BCUT2D eigenvalue weighted by Gasteiger charge is -2.11. The summed E-state index contributed by atoms with van der Waals surface area (Å²) in [7, 11) is 3.33. The van der Waals surface area contributed by atoms with E-state index in [4.69, 9.17) is 13.9 Å². The zero-order chi connectivity index (χ0) is 15.2. The molecule has 0 bridgehead atoms. The summed E-state index contributed by atoms with van der Waals surface area (Å²) in [5.41, 5.74) is 2.09. The Morgan fingerprint density at radius 2 is 2.00 bits per heavy atom. The molecule has 1 N–H and O–H groups in total. The highest BCUT2D eigenvalue weighted by molar-refractivity contribution is 5.40. The minimum absolute atomic E-state index is 0.719. The number of hydrogen-bond acceptors (Lipinski definition) is 5. The molecule has 0 atom stereocenters. The molecule has 1 heterocycles. The van der Waals surface area contributed by atoms with Crippen molar-refractivity contribution in [2.75, 3.05) is 20.8 Å². The number of rotatable bonds is 7. The quantitative estimate of drug-likeness (QED) is 0.794. The number of aryl methyl sites for hydroxylation is 2. The molecule has 5 nitrogen and oxygen atoms in total. The van der Waals surface area contributed by atoms with Crippen LogP contribution >= 0.6 is 0 Å². The van der Waals surface area contributed by atoms with E-state index in [-0.39, 0.29) is 0 Å². The molecule has 0 aliphatic carbocycles. The van der Waals surface area contributed by atoms with Gasteiger partial charge in [-0.05, 0) is 25.1 Å². The average Bonchev–Trinajstić information content (AvgIpc) is 2.81. The maximum Gasteiger partial charge on any atom is 0.191 e. The Hall–Kier alpha value is -2.01. The van der Waals surface area contributed by atoms with Crippen LogP contribution in [0.2, 0.25) is 0 Å². The fourth-order valence-electron chi connectivity index (χ4n) is 2.25. The molecule has 114 valence electrons. The van der Waals surface area contributed by atoms with Crippen molar-refractivity contribution in [3.05, 3.63) is 41.1 Å². The van der Waals surface area contributed by atoms with E-state index >= 15 is 0 Å². The Morgan fingerprint density at radius 1 is 1.19 bits per heavy atom. The smallest absolute Gasteiger partial charge is 0.191 e. The molecule has 5 heteroatoms. The molecular weight excluding hydrogens is 268 g/mol. The normalized spacial score (nSPS) is 10.7. The molecule has 1 aromatic heterocycles. The monoisotopic (exact) mass is 290 g/mol. The van der Waals surface area contributed by atoms with Crippen LogP contribution in [0.5, 0.6) is 11.5 Å². The van der Waals surface area contributed by atoms with Crippen LogP contribution < -0.4 is 14.8 Å². The highest BCUT2D eigenvalue weighted by Gasteiger charge is 2.07. The molecule has 0 aliphatic rings. The van der Waals surface area contributed by atoms with Crippen LogP contribution in [0.3, 0.4) is 0 Å². The van der Waals surface area contributed by atoms with Crippen molar-refractivity contribution in [2.45, 2.75) is 26.8 Å². The van der Waals surface area contributed by atoms with Crippen molar-refractivity contribution >= 4 is 0 Å². The summed E-state index contributed by atoms with van der Waals surface area (Å²) in [6.45, 7) is 5.36. The predicted molar refractivity (Wildman–Crippen MR) is 80.9 cm³/mol. The van der Waals surface area contributed by atoms with Gasteiger partial charge < -0.3 is 19.2 Å². The van der Waals surface area contributed by atoms with Gasteiger partial charge in [-0.25, -0.2) is 4.98 Å². The molecule has 0 spiro atoms. The lowest BCUT2D eigenvalue weighted by atomic mass is 10.2. The van der Waals surface area contributed by atoms with Crippen molar-refractivity contribution in [1.29, 1.82) is 0 Å². The van der Waals surface area contributed by atoms with Gasteiger partial charge in [-0.1, -0.05) is 0 Å². The molecular formula is C16H22N2O3. The first kappa shape index (κ1) is 15.4. The lowest BCUT2D eigenvalue weighted by Crippen LogP contribution is -2.17. The summed E-state index contributed by atoms with van der Waals surface area (Å²) in [5.74, 6) is 3.30. The third kappa shape index (κ3) is 3.98. The third-order valence-corrected chi connectivity index (χ3v) is 3.34. The first-order valence-corrected chi connectivity index (χ1v) is 6.98. The van der Waals surface area contributed by atoms with E-state index in [1.165, 1.54) is 0 Å². The maximum absolute atomic E-state index is 5.42. The first-order chi connectivity index (χ1) is 10.1. The van der Waals surface area contributed by atoms with Crippen molar-refractivity contribution in [1.82, 2.24) is 10.3 Å². The van der Waals surface area contributed by atoms with Crippen LogP contribution in [0.1, 0.15) is 22.9 Å². The van der Waals surface area contributed by atoms with Crippen LogP contribution in [0.15, 0.2) is 22.6 Å². The van der Waals surface area contributed by atoms with Gasteiger partial charge in [0.05, 0.1) is 19.9 Å². The van der Waals surface area contributed by atoms with E-state index in [0.717, 1.165) is 53.9 Å². The minimum atomic E-state index is 0.719. The van der Waals surface area contributed by atoms with Gasteiger partial charge in [0.2, 0.25) is 0 Å². The number of nitrogens with one attached hydrogen (secondary N) is 1. The number of nitrogens with zero attached hydrogens (tertiary/aromatic N) is 1. The molecule has 0 amide bonds. The van der Waals surface area contributed by atoms with Crippen LogP contribution in [0, 0.1) is 13.8 Å². The average molecular weight is 290 g/mol. The fourth-order valence-corrected chi connectivity index (χ4v) is 2.25. The number of ether oxygens (including phenoxy) is 2. The third-order valence-electron chi connectivity index (χ3n) is 3.34. The fraction of sp³-hybridized carbons (Fsp3) is 0.438. The summed E-state index contributed by atoms with van der Waals surface area (Å²) < 4.78 is 16.0. The highest BCUT2D eigenvalue weighted by atomic mass is 16.5. The van der Waals surface area contributed by atoms with Crippen molar-refractivity contribution in [3.8, 4) is 11.5 Å². The Balaban J connectivity index is 1.89. The van der Waals surface area contributed by atoms with Gasteiger partial charge in [0, 0.05) is 32.0 Å². The Bertz CT molecular complexity index is 593. The zero-order valence-corrected chi connectivity index (χ0v) is 13.0. The molecule has 0 radical (unpaired) electrons. The Morgan fingerprint density at radius 3 is 2.62 bits per heavy atom. The van der Waals surface area contributed by atoms with Gasteiger partial charge in [-0.15, -0.1) is 0 Å². The first-order valence-electron chi connectivity index (χ1n) is 6.98. The van der Waals surface area contributed by atoms with E-state index in [0.29, 0.717) is 0 Å². The molecule has 0 saturated carbocycles. The summed E-state index contributed by atoms with van der Waals surface area (Å²) >= 11 is 0. The van der Waals surface area contributed by atoms with Crippen LogP contribution in [0.25, 0.3) is 0 Å². The largest absolute Gasteiger partial charge is 0.497 e. The van der Waals surface area contributed by atoms with E-state index < -0.39 is 0 Å². The molecule has 0 saturated heterocycles. The predicted octanol–water partition coefficient (Wildman–Crippen LogP) is 2.64. The molecule has 0 aliphatic heterocycles. The van der Waals surface area contributed by atoms with Gasteiger partial charge in [-0.3, -0.25) is 0 Å². The maximum atomic E-state index is 5.42. The molecule has 2 rings (SSSR count). The highest BCUT2D eigenvalue weighted by Crippen LogP contribution is 2.23. The Kier molecular flexibility index (Phi) is 5.22. The molecule has 1 aromatic carbocycles. The van der Waals surface area contributed by atoms with Crippen molar-refractivity contribution < 1.29 is 13.9 Å². The van der Waals surface area contributed by atoms with E-state index in [1.54, 1.807) is 14.2 Å². The topological polar surface area (TPSA) is 56.5 Å². The van der Waals surface area contributed by atoms with Crippen molar-refractivity contribution in [2.24, 2.45) is 0 Å². The van der Waals surface area contributed by atoms with E-state index in [2.05, 4.69) is 10.3 Å². The minimum Gasteiger partial charge on any atom is -0.497 e. The molecule has 21 heavy (non-hydrogen) atoms. The van der Waals surface area contributed by atoms with Gasteiger partial charge in [0.1, 0.15) is 17.3 Å². The van der Waals surface area contributed by atoms with Gasteiger partial charge in [0.25, 0.3) is 0 Å². The summed E-state index contributed by atoms with van der Waals surface area (Å²) in [5, 5.41) is 3.40. The Labute approximate surface area is 125 Å². The standard InChI is InChI=1S/C16H22N2O3/c1-11-15(18-12(2)21-11)7-8-17-10-13-9-14(19-3)5-6-16(13)20-4/h5-6,9,17H,7-8,10H2,1-4H3. The molecule has 0 unspecified atom stereocenters.